The van der Waals surface area contributed by atoms with Crippen LogP contribution in [0.5, 0.6) is 0 Å². The zero-order chi connectivity index (χ0) is 24.0. The Balaban J connectivity index is 1.43. The van der Waals surface area contributed by atoms with E-state index in [4.69, 9.17) is 9.47 Å². The Morgan fingerprint density at radius 1 is 1.00 bits per heavy atom. The second kappa shape index (κ2) is 9.38. The van der Waals surface area contributed by atoms with Gasteiger partial charge in [-0.1, -0.05) is 27.4 Å². The summed E-state index contributed by atoms with van der Waals surface area (Å²) < 4.78 is 10.7. The molecule has 0 aliphatic heterocycles. The zero-order valence-electron chi connectivity index (χ0n) is 21.7. The first-order valence-electron chi connectivity index (χ1n) is 13.5. The van der Waals surface area contributed by atoms with Gasteiger partial charge in [0.2, 0.25) is 0 Å². The predicted molar refractivity (Wildman–Crippen MR) is 130 cm³/mol. The van der Waals surface area contributed by atoms with Gasteiger partial charge in [-0.3, -0.25) is 4.79 Å². The second-order valence-corrected chi connectivity index (χ2v) is 12.6. The summed E-state index contributed by atoms with van der Waals surface area (Å²) in [4.78, 5) is 23.8. The fraction of sp³-hybridized carbons (Fsp3) is 0.862. The normalized spacial score (nSPS) is 42.9. The minimum absolute atomic E-state index is 0.0685. The van der Waals surface area contributed by atoms with E-state index in [9.17, 15) is 9.59 Å². The van der Waals surface area contributed by atoms with Crippen LogP contribution in [0.3, 0.4) is 0 Å². The Hall–Kier alpha value is -1.32. The van der Waals surface area contributed by atoms with Crippen LogP contribution in [0, 0.1) is 46.3 Å². The summed E-state index contributed by atoms with van der Waals surface area (Å²) in [5.74, 6) is 4.20. The van der Waals surface area contributed by atoms with E-state index in [2.05, 4.69) is 27.4 Å². The number of hydrogen-bond donors (Lipinski definition) is 0. The van der Waals surface area contributed by atoms with Crippen LogP contribution < -0.4 is 0 Å². The van der Waals surface area contributed by atoms with Gasteiger partial charge in [-0.2, -0.15) is 0 Å². The van der Waals surface area contributed by atoms with E-state index in [0.29, 0.717) is 34.7 Å². The monoisotopic (exact) mass is 458 g/mol. The summed E-state index contributed by atoms with van der Waals surface area (Å²) in [7, 11) is 1.50. The number of esters is 2. The molecule has 4 heteroatoms. The maximum atomic E-state index is 12.1. The number of hydrogen-bond acceptors (Lipinski definition) is 4. The lowest BCUT2D eigenvalue weighted by molar-refractivity contribution is -0.158. The predicted octanol–water partition coefficient (Wildman–Crippen LogP) is 6.72. The number of fused-ring (bicyclic) bond motifs is 5. The van der Waals surface area contributed by atoms with Gasteiger partial charge in [0.05, 0.1) is 7.11 Å². The first-order chi connectivity index (χ1) is 15.6. The molecular formula is C29H46O4. The molecule has 0 radical (unpaired) electrons. The Kier molecular flexibility index (Phi) is 7.05. The molecule has 4 aliphatic rings. The van der Waals surface area contributed by atoms with Crippen molar-refractivity contribution in [3.05, 3.63) is 12.2 Å². The van der Waals surface area contributed by atoms with E-state index < -0.39 is 0 Å². The van der Waals surface area contributed by atoms with E-state index in [1.807, 2.05) is 0 Å². The molecule has 0 heterocycles. The van der Waals surface area contributed by atoms with Crippen molar-refractivity contribution >= 4 is 11.9 Å². The molecule has 9 atom stereocenters. The third-order valence-electron chi connectivity index (χ3n) is 11.0. The zero-order valence-corrected chi connectivity index (χ0v) is 21.7. The molecule has 4 fully saturated rings. The summed E-state index contributed by atoms with van der Waals surface area (Å²) >= 11 is 0. The lowest BCUT2D eigenvalue weighted by Gasteiger charge is -2.61. The highest BCUT2D eigenvalue weighted by Gasteiger charge is 2.60. The van der Waals surface area contributed by atoms with Crippen molar-refractivity contribution in [3.63, 3.8) is 0 Å². The van der Waals surface area contributed by atoms with Crippen LogP contribution in [0.15, 0.2) is 12.2 Å². The average Bonchev–Trinajstić information content (AvgIpc) is 3.14. The van der Waals surface area contributed by atoms with E-state index in [1.165, 1.54) is 52.1 Å². The molecular weight excluding hydrogens is 412 g/mol. The summed E-state index contributed by atoms with van der Waals surface area (Å²) in [5, 5.41) is 0. The van der Waals surface area contributed by atoms with Gasteiger partial charge in [0.1, 0.15) is 6.10 Å². The first kappa shape index (κ1) is 24.8. The Morgan fingerprint density at radius 3 is 2.39 bits per heavy atom. The van der Waals surface area contributed by atoms with Crippen LogP contribution in [-0.4, -0.2) is 25.2 Å². The highest BCUT2D eigenvalue weighted by atomic mass is 16.5. The molecule has 0 bridgehead atoms. The van der Waals surface area contributed by atoms with E-state index in [1.54, 1.807) is 6.92 Å². The standard InChI is InChI=1S/C29H46O4/c1-18(2)27(31)33-21-13-15-28(4)20(17-21)8-9-22-24-11-10-23(19(3)7-12-26(30)32-6)29(24,5)16-14-25(22)28/h19-25H,1,7-17H2,2-6H3. The van der Waals surface area contributed by atoms with Crippen molar-refractivity contribution in [2.45, 2.75) is 104 Å². The largest absolute Gasteiger partial charge is 0.469 e. The number of carbonyl (C=O) groups excluding carboxylic acids is 2. The van der Waals surface area contributed by atoms with E-state index >= 15 is 0 Å². The van der Waals surface area contributed by atoms with Gasteiger partial charge >= 0.3 is 11.9 Å². The fourth-order valence-electron chi connectivity index (χ4n) is 9.20. The maximum absolute atomic E-state index is 12.1. The van der Waals surface area contributed by atoms with Crippen LogP contribution in [-0.2, 0) is 19.1 Å². The van der Waals surface area contributed by atoms with Gasteiger partial charge in [0.25, 0.3) is 0 Å². The van der Waals surface area contributed by atoms with Crippen molar-refractivity contribution in [2.24, 2.45) is 46.3 Å². The smallest absolute Gasteiger partial charge is 0.333 e. The van der Waals surface area contributed by atoms with Crippen molar-refractivity contribution in [1.29, 1.82) is 0 Å². The molecule has 4 rings (SSSR count). The molecule has 0 spiro atoms. The topological polar surface area (TPSA) is 52.6 Å². The lowest BCUT2D eigenvalue weighted by Crippen LogP contribution is -2.54. The highest BCUT2D eigenvalue weighted by molar-refractivity contribution is 5.87. The van der Waals surface area contributed by atoms with Crippen LogP contribution in [0.1, 0.15) is 98.3 Å². The third kappa shape index (κ3) is 4.41. The quantitative estimate of drug-likeness (QED) is 0.327. The molecule has 0 N–H and O–H groups in total. The first-order valence-corrected chi connectivity index (χ1v) is 13.5. The molecule has 4 aliphatic carbocycles. The fourth-order valence-corrected chi connectivity index (χ4v) is 9.20. The van der Waals surface area contributed by atoms with Crippen molar-refractivity contribution < 1.29 is 19.1 Å². The molecule has 0 aromatic rings. The minimum Gasteiger partial charge on any atom is -0.469 e. The summed E-state index contributed by atoms with van der Waals surface area (Å²) in [6.45, 7) is 13.0. The Labute approximate surface area is 201 Å². The van der Waals surface area contributed by atoms with Crippen LogP contribution >= 0.6 is 0 Å². The highest BCUT2D eigenvalue weighted by Crippen LogP contribution is 2.68. The van der Waals surface area contributed by atoms with Gasteiger partial charge in [0.15, 0.2) is 0 Å². The van der Waals surface area contributed by atoms with Crippen molar-refractivity contribution in [1.82, 2.24) is 0 Å². The molecule has 0 aromatic carbocycles. The molecule has 0 amide bonds. The minimum atomic E-state index is -0.218. The summed E-state index contributed by atoms with van der Waals surface area (Å²) in [6.07, 6.45) is 12.8. The van der Waals surface area contributed by atoms with Crippen LogP contribution in [0.4, 0.5) is 0 Å². The van der Waals surface area contributed by atoms with E-state index in [-0.39, 0.29) is 18.0 Å². The number of carbonyl (C=O) groups is 2. The summed E-state index contributed by atoms with van der Waals surface area (Å²) in [5.41, 5.74) is 1.33. The van der Waals surface area contributed by atoms with Gasteiger partial charge in [-0.15, -0.1) is 0 Å². The molecule has 0 saturated heterocycles. The van der Waals surface area contributed by atoms with Crippen molar-refractivity contribution in [3.8, 4) is 0 Å². The Bertz CT molecular complexity index is 774. The van der Waals surface area contributed by atoms with Gasteiger partial charge in [-0.05, 0) is 117 Å². The second-order valence-electron chi connectivity index (χ2n) is 12.6. The van der Waals surface area contributed by atoms with Gasteiger partial charge in [0, 0.05) is 12.0 Å². The molecule has 186 valence electrons. The summed E-state index contributed by atoms with van der Waals surface area (Å²) in [6, 6.07) is 0. The number of ether oxygens (including phenoxy) is 2. The molecule has 4 saturated carbocycles. The van der Waals surface area contributed by atoms with E-state index in [0.717, 1.165) is 42.9 Å². The third-order valence-corrected chi connectivity index (χ3v) is 11.0. The van der Waals surface area contributed by atoms with Gasteiger partial charge in [-0.25, -0.2) is 4.79 Å². The maximum Gasteiger partial charge on any atom is 0.333 e. The van der Waals surface area contributed by atoms with Crippen molar-refractivity contribution in [2.75, 3.05) is 7.11 Å². The molecule has 4 nitrogen and oxygen atoms in total. The number of methoxy groups -OCH3 is 1. The Morgan fingerprint density at radius 2 is 1.70 bits per heavy atom. The molecule has 9 unspecified atom stereocenters. The van der Waals surface area contributed by atoms with Gasteiger partial charge < -0.3 is 9.47 Å². The van der Waals surface area contributed by atoms with Crippen LogP contribution in [0.25, 0.3) is 0 Å². The van der Waals surface area contributed by atoms with Crippen LogP contribution in [0.2, 0.25) is 0 Å². The SMILES string of the molecule is C=C(C)C(=O)OC1CCC2(C)C(CCC3C2CCC2(C)C(C(C)CCC(=O)OC)CCC32)C1. The average molecular weight is 459 g/mol. The lowest BCUT2D eigenvalue weighted by atomic mass is 9.44. The molecule has 0 aromatic heterocycles. The number of rotatable bonds is 6. The molecule has 33 heavy (non-hydrogen) atoms.